The van der Waals surface area contributed by atoms with Crippen LogP contribution >= 0.6 is 0 Å². The first-order valence-corrected chi connectivity index (χ1v) is 3.99. The lowest BCUT2D eigenvalue weighted by atomic mass is 10.1. The molecule has 0 saturated carbocycles. The van der Waals surface area contributed by atoms with E-state index in [1.807, 2.05) is 6.92 Å². The Hall–Kier alpha value is -0.570. The molecule has 11 heavy (non-hydrogen) atoms. The number of hydrogen-bond acceptors (Lipinski definition) is 3. The van der Waals surface area contributed by atoms with Crippen LogP contribution in [0, 0.1) is 0 Å². The number of hydrogen-bond donors (Lipinski definition) is 0. The molecule has 0 aromatic rings. The van der Waals surface area contributed by atoms with Crippen molar-refractivity contribution < 1.29 is 14.3 Å². The maximum absolute atomic E-state index is 10.5. The van der Waals surface area contributed by atoms with E-state index >= 15 is 0 Å². The summed E-state index contributed by atoms with van der Waals surface area (Å²) in [5, 5.41) is 0. The summed E-state index contributed by atoms with van der Waals surface area (Å²) in [5.41, 5.74) is 0. The van der Waals surface area contributed by atoms with Crippen LogP contribution in [0.2, 0.25) is 0 Å². The van der Waals surface area contributed by atoms with E-state index in [9.17, 15) is 4.79 Å². The van der Waals surface area contributed by atoms with Gasteiger partial charge in [0.15, 0.2) is 0 Å². The average Bonchev–Trinajstić information content (AvgIpc) is 2.35. The summed E-state index contributed by atoms with van der Waals surface area (Å²) in [6.07, 6.45) is 2.12. The highest BCUT2D eigenvalue weighted by Gasteiger charge is 2.24. The quantitative estimate of drug-likeness (QED) is 0.565. The third-order valence-corrected chi connectivity index (χ3v) is 1.84. The molecule has 0 aromatic heterocycles. The van der Waals surface area contributed by atoms with Crippen molar-refractivity contribution in [1.82, 2.24) is 0 Å². The minimum atomic E-state index is -0.229. The van der Waals surface area contributed by atoms with Gasteiger partial charge < -0.3 is 9.47 Å². The predicted molar refractivity (Wildman–Crippen MR) is 40.2 cm³/mol. The van der Waals surface area contributed by atoms with Crippen molar-refractivity contribution in [3.8, 4) is 0 Å². The molecule has 1 aliphatic rings. The number of esters is 1. The molecule has 0 N–H and O–H groups in total. The molecule has 0 aliphatic carbocycles. The van der Waals surface area contributed by atoms with Crippen LogP contribution in [0.15, 0.2) is 0 Å². The molecule has 0 radical (unpaired) electrons. The Morgan fingerprint density at radius 1 is 1.73 bits per heavy atom. The van der Waals surface area contributed by atoms with Crippen LogP contribution in [0.1, 0.15) is 26.7 Å². The molecule has 1 saturated heterocycles. The van der Waals surface area contributed by atoms with Gasteiger partial charge in [-0.3, -0.25) is 4.79 Å². The first kappa shape index (κ1) is 8.53. The molecule has 0 bridgehead atoms. The molecule has 1 rings (SSSR count). The van der Waals surface area contributed by atoms with E-state index in [1.165, 1.54) is 6.92 Å². The van der Waals surface area contributed by atoms with Gasteiger partial charge in [0.25, 0.3) is 0 Å². The van der Waals surface area contributed by atoms with Crippen molar-refractivity contribution in [1.29, 1.82) is 0 Å². The van der Waals surface area contributed by atoms with Crippen molar-refractivity contribution in [2.45, 2.75) is 38.9 Å². The SMILES string of the molecule is CC(=O)O[C@H](C)[C@@H]1CCCO1. The Balaban J connectivity index is 2.28. The summed E-state index contributed by atoms with van der Waals surface area (Å²) in [4.78, 5) is 10.5. The van der Waals surface area contributed by atoms with E-state index < -0.39 is 0 Å². The molecule has 2 atom stereocenters. The lowest BCUT2D eigenvalue weighted by Crippen LogP contribution is -2.26. The second-order valence-corrected chi connectivity index (χ2v) is 2.87. The van der Waals surface area contributed by atoms with E-state index in [4.69, 9.17) is 9.47 Å². The van der Waals surface area contributed by atoms with E-state index in [2.05, 4.69) is 0 Å². The van der Waals surface area contributed by atoms with Gasteiger partial charge in [-0.15, -0.1) is 0 Å². The van der Waals surface area contributed by atoms with Crippen LogP contribution in [-0.2, 0) is 14.3 Å². The zero-order valence-electron chi connectivity index (χ0n) is 7.00. The monoisotopic (exact) mass is 158 g/mol. The van der Waals surface area contributed by atoms with Gasteiger partial charge in [-0.05, 0) is 19.8 Å². The van der Waals surface area contributed by atoms with E-state index in [1.54, 1.807) is 0 Å². The Kier molecular flexibility index (Phi) is 2.88. The molecule has 3 nitrogen and oxygen atoms in total. The van der Waals surface area contributed by atoms with Crippen LogP contribution in [0.5, 0.6) is 0 Å². The van der Waals surface area contributed by atoms with Crippen molar-refractivity contribution in [2.75, 3.05) is 6.61 Å². The first-order valence-electron chi connectivity index (χ1n) is 3.99. The first-order chi connectivity index (χ1) is 5.20. The van der Waals surface area contributed by atoms with Gasteiger partial charge in [-0.2, -0.15) is 0 Å². The van der Waals surface area contributed by atoms with E-state index in [-0.39, 0.29) is 18.2 Å². The minimum absolute atomic E-state index is 0.0880. The van der Waals surface area contributed by atoms with Gasteiger partial charge in [-0.1, -0.05) is 0 Å². The number of ether oxygens (including phenoxy) is 2. The maximum atomic E-state index is 10.5. The predicted octanol–water partition coefficient (Wildman–Crippen LogP) is 1.12. The van der Waals surface area contributed by atoms with Gasteiger partial charge in [0.1, 0.15) is 6.10 Å². The molecule has 1 heterocycles. The molecular weight excluding hydrogens is 144 g/mol. The third-order valence-electron chi connectivity index (χ3n) is 1.84. The average molecular weight is 158 g/mol. The summed E-state index contributed by atoms with van der Waals surface area (Å²) in [7, 11) is 0. The fourth-order valence-corrected chi connectivity index (χ4v) is 1.31. The molecule has 64 valence electrons. The topological polar surface area (TPSA) is 35.5 Å². The summed E-state index contributed by atoms with van der Waals surface area (Å²) >= 11 is 0. The van der Waals surface area contributed by atoms with Crippen LogP contribution in [-0.4, -0.2) is 24.8 Å². The number of carbonyl (C=O) groups is 1. The maximum Gasteiger partial charge on any atom is 0.302 e. The van der Waals surface area contributed by atoms with Gasteiger partial charge >= 0.3 is 5.97 Å². The summed E-state index contributed by atoms with van der Waals surface area (Å²) in [5.74, 6) is -0.229. The number of rotatable bonds is 2. The molecule has 0 aromatic carbocycles. The second kappa shape index (κ2) is 3.72. The highest BCUT2D eigenvalue weighted by molar-refractivity contribution is 5.66. The Morgan fingerprint density at radius 2 is 2.45 bits per heavy atom. The van der Waals surface area contributed by atoms with Gasteiger partial charge in [-0.25, -0.2) is 0 Å². The molecule has 0 spiro atoms. The lowest BCUT2D eigenvalue weighted by molar-refractivity contribution is -0.151. The number of carbonyl (C=O) groups excluding carboxylic acids is 1. The fourth-order valence-electron chi connectivity index (χ4n) is 1.31. The van der Waals surface area contributed by atoms with E-state index in [0.717, 1.165) is 19.4 Å². The largest absolute Gasteiger partial charge is 0.460 e. The third kappa shape index (κ3) is 2.50. The van der Waals surface area contributed by atoms with Crippen LogP contribution < -0.4 is 0 Å². The van der Waals surface area contributed by atoms with Crippen molar-refractivity contribution >= 4 is 5.97 Å². The molecule has 1 aliphatic heterocycles. The zero-order valence-corrected chi connectivity index (χ0v) is 7.00. The van der Waals surface area contributed by atoms with Gasteiger partial charge in [0, 0.05) is 13.5 Å². The molecule has 0 amide bonds. The molecule has 3 heteroatoms. The highest BCUT2D eigenvalue weighted by Crippen LogP contribution is 2.17. The zero-order chi connectivity index (χ0) is 8.27. The van der Waals surface area contributed by atoms with Gasteiger partial charge in [0.05, 0.1) is 6.10 Å². The van der Waals surface area contributed by atoms with Gasteiger partial charge in [0.2, 0.25) is 0 Å². The Bertz CT molecular complexity index is 138. The smallest absolute Gasteiger partial charge is 0.302 e. The molecule has 0 unspecified atom stereocenters. The molecule has 1 fully saturated rings. The highest BCUT2D eigenvalue weighted by atomic mass is 16.6. The lowest BCUT2D eigenvalue weighted by Gasteiger charge is -2.17. The Morgan fingerprint density at radius 3 is 2.91 bits per heavy atom. The normalized spacial score (nSPS) is 26.5. The van der Waals surface area contributed by atoms with Crippen LogP contribution in [0.3, 0.4) is 0 Å². The summed E-state index contributed by atoms with van der Waals surface area (Å²) < 4.78 is 10.3. The van der Waals surface area contributed by atoms with Crippen LogP contribution in [0.4, 0.5) is 0 Å². The van der Waals surface area contributed by atoms with Crippen LogP contribution in [0.25, 0.3) is 0 Å². The Labute approximate surface area is 66.7 Å². The summed E-state index contributed by atoms with van der Waals surface area (Å²) in [6, 6.07) is 0. The fraction of sp³-hybridized carbons (Fsp3) is 0.875. The minimum Gasteiger partial charge on any atom is -0.460 e. The van der Waals surface area contributed by atoms with Crippen molar-refractivity contribution in [2.24, 2.45) is 0 Å². The van der Waals surface area contributed by atoms with Crippen molar-refractivity contribution in [3.63, 3.8) is 0 Å². The second-order valence-electron chi connectivity index (χ2n) is 2.87. The standard InChI is InChI=1S/C8H14O3/c1-6(11-7(2)9)8-4-3-5-10-8/h6,8H,3-5H2,1-2H3/t6-,8+/m1/s1. The summed E-state index contributed by atoms with van der Waals surface area (Å²) in [6.45, 7) is 4.10. The van der Waals surface area contributed by atoms with E-state index in [0.29, 0.717) is 0 Å². The van der Waals surface area contributed by atoms with Crippen molar-refractivity contribution in [3.05, 3.63) is 0 Å². The molecular formula is C8H14O3.